The second-order valence-corrected chi connectivity index (χ2v) is 43.3. The monoisotopic (exact) mass is 2260 g/mol. The molecule has 0 atom stereocenters. The molecule has 32 rings (SSSR count). The Morgan fingerprint density at radius 2 is 0.399 bits per heavy atom. The van der Waals surface area contributed by atoms with Crippen LogP contribution in [0.1, 0.15) is 7.43 Å². The third-order valence-electron chi connectivity index (χ3n) is 28.7. The third-order valence-corrected chi connectivity index (χ3v) is 34.1. The second-order valence-electron chi connectivity index (χ2n) is 36.9. The van der Waals surface area contributed by atoms with Crippen molar-refractivity contribution in [3.8, 4) is 50.7 Å². The highest BCUT2D eigenvalue weighted by molar-refractivity contribution is 9.11. The van der Waals surface area contributed by atoms with E-state index in [9.17, 15) is 0 Å². The number of aromatic nitrogens is 5. The van der Waals surface area contributed by atoms with Gasteiger partial charge in [0.15, 0.2) is 16.7 Å². The van der Waals surface area contributed by atoms with Crippen LogP contribution >= 0.6 is 102 Å². The number of benzene rings is 22. The van der Waals surface area contributed by atoms with E-state index < -0.39 is 0 Å². The van der Waals surface area contributed by atoms with E-state index in [1.165, 1.54) is 182 Å². The Morgan fingerprint density at radius 3 is 0.743 bits per heavy atom. The van der Waals surface area contributed by atoms with E-state index >= 15 is 0 Å². The van der Waals surface area contributed by atoms with Crippen LogP contribution in [0.5, 0.6) is 0 Å². The summed E-state index contributed by atoms with van der Waals surface area (Å²) in [7, 11) is 0. The molecule has 704 valence electrons. The first-order valence-corrected chi connectivity index (χ1v) is 54.3. The zero-order chi connectivity index (χ0) is 97.8. The molecule has 22 aromatic carbocycles. The van der Waals surface area contributed by atoms with E-state index in [4.69, 9.17) is 13.3 Å². The Kier molecular flexibility index (Phi) is 22.8. The summed E-state index contributed by atoms with van der Waals surface area (Å²) in [5, 5.41) is 24.5. The van der Waals surface area contributed by atoms with Gasteiger partial charge in [0.2, 0.25) is 0 Å². The van der Waals surface area contributed by atoms with E-state index in [-0.39, 0.29) is 7.43 Å². The first-order valence-electron chi connectivity index (χ1n) is 48.7. The smallest absolute Gasteiger partial charge is 0.161 e. The maximum Gasteiger partial charge on any atom is 0.161 e. The molecule has 0 amide bonds. The van der Waals surface area contributed by atoms with Crippen molar-refractivity contribution >= 4 is 318 Å². The van der Waals surface area contributed by atoms with Crippen molar-refractivity contribution in [3.05, 3.63) is 496 Å². The average molecular weight is 2260 g/mol. The van der Waals surface area contributed by atoms with Crippen LogP contribution in [0.4, 0.5) is 0 Å². The van der Waals surface area contributed by atoms with Gasteiger partial charge in [-0.3, -0.25) is 0 Å². The maximum atomic E-state index is 6.39. The second kappa shape index (κ2) is 37.2. The quantitative estimate of drug-likeness (QED) is 0.160. The van der Waals surface area contributed by atoms with Gasteiger partial charge in [-0.05, 0) is 222 Å². The van der Waals surface area contributed by atoms with Gasteiger partial charge in [0.05, 0.1) is 84.3 Å². The molecule has 0 aliphatic heterocycles. The molecule has 0 radical (unpaired) electrons. The number of hydrogen-bond acceptors (Lipinski definition) is 5. The highest BCUT2D eigenvalue weighted by Gasteiger charge is 2.29. The fourth-order valence-corrected chi connectivity index (χ4v) is 28.1. The summed E-state index contributed by atoms with van der Waals surface area (Å²) in [6, 6.07) is 167. The van der Waals surface area contributed by atoms with Crippen LogP contribution in [0, 0.1) is 0 Å². The number of rotatable bonds is 7. The molecule has 0 saturated heterocycles. The van der Waals surface area contributed by atoms with Crippen LogP contribution in [-0.4, -0.2) is 22.8 Å². The minimum absolute atomic E-state index is 0. The molecular weight excluding hydrogens is 2180 g/mol. The fraction of sp³-hybridized carbons (Fsp3) is 0.00752. The summed E-state index contributed by atoms with van der Waals surface area (Å²) in [6.07, 6.45) is 0. The van der Waals surface area contributed by atoms with E-state index in [1.807, 2.05) is 65.1 Å². The fourth-order valence-electron chi connectivity index (χ4n) is 22.4. The van der Waals surface area contributed by atoms with Gasteiger partial charge in [-0.2, -0.15) is 0 Å². The van der Waals surface area contributed by atoms with Crippen molar-refractivity contribution in [3.63, 3.8) is 0 Å². The van der Waals surface area contributed by atoms with Crippen molar-refractivity contribution in [2.75, 3.05) is 0 Å². The molecule has 0 unspecified atom stereocenters. The van der Waals surface area contributed by atoms with E-state index in [2.05, 4.69) is 533 Å². The topological polar surface area (TPSA) is 64.1 Å². The number of halogens is 5. The number of fused-ring (bicyclic) bond motifs is 35. The van der Waals surface area contributed by atoms with Crippen LogP contribution in [0.2, 0.25) is 0 Å². The Morgan fingerprint density at radius 1 is 0.169 bits per heavy atom. The van der Waals surface area contributed by atoms with Crippen molar-refractivity contribution in [2.24, 2.45) is 0 Å². The van der Waals surface area contributed by atoms with Crippen molar-refractivity contribution < 1.29 is 13.3 Å². The normalized spacial score (nSPS) is 11.8. The summed E-state index contributed by atoms with van der Waals surface area (Å²) in [4.78, 5) is 0. The molecule has 0 saturated carbocycles. The van der Waals surface area contributed by atoms with Gasteiger partial charge in [0.1, 0.15) is 16.7 Å². The number of thiophene rings is 2. The molecule has 10 heterocycles. The molecule has 0 fully saturated rings. The standard InChI is InChI=1S/C30H18BrNO.C30H18BrNS.2C24H14BrNO.C24H14BrNS.CH4/c31-25-18-24-22-10-4-6-12-26(22)32(21-16-14-20(15-17-21)19-8-2-1-3-9-19)29(24)28-23-11-5-7-13-27(23)33-30(25)28;31-25-18-24-22-10-4-6-12-26(22)32(21-16-14-20(15-17-21)19-8-2-1-3-9-19)29(24)30-28(25)23-11-5-7-13-27(23)33-30;25-19-14-18-16-10-4-6-12-20(16)26(15-8-2-1-3-9-15)23(18)22-17-11-5-7-13-21(17)27-24(19)22;2*25-19-14-18-16-10-4-6-12-20(16)26(15-8-2-1-3-9-15)23(18)24-22(19)17-11-5-7-13-21(17)27-24;/h2*1-18H;3*1-14H;1H4. The number of para-hydroxylation sites is 11. The lowest BCUT2D eigenvalue weighted by molar-refractivity contribution is 0.666. The Balaban J connectivity index is 0.0000000915. The minimum atomic E-state index is 0. The van der Waals surface area contributed by atoms with Crippen molar-refractivity contribution in [2.45, 2.75) is 7.43 Å². The summed E-state index contributed by atoms with van der Waals surface area (Å²) >= 11 is 22.9. The molecule has 10 aromatic heterocycles. The van der Waals surface area contributed by atoms with Crippen LogP contribution in [0.25, 0.3) is 266 Å². The first-order chi connectivity index (χ1) is 72.6. The van der Waals surface area contributed by atoms with E-state index in [0.717, 1.165) is 106 Å². The first kappa shape index (κ1) is 90.8. The van der Waals surface area contributed by atoms with Gasteiger partial charge in [-0.1, -0.05) is 361 Å². The van der Waals surface area contributed by atoms with Gasteiger partial charge in [0.25, 0.3) is 0 Å². The molecular formula is C133H82Br5N5O3S2. The molecule has 0 spiro atoms. The average Bonchev–Trinajstić information content (AvgIpc) is 1.56. The zero-order valence-electron chi connectivity index (χ0n) is 78.2. The van der Waals surface area contributed by atoms with Gasteiger partial charge in [-0.25, -0.2) is 0 Å². The van der Waals surface area contributed by atoms with E-state index in [0.29, 0.717) is 0 Å². The molecule has 32 aromatic rings. The Hall–Kier alpha value is -15.9. The molecule has 0 aliphatic carbocycles. The lowest BCUT2D eigenvalue weighted by Gasteiger charge is -2.10. The molecule has 148 heavy (non-hydrogen) atoms. The lowest BCUT2D eigenvalue weighted by atomic mass is 10.1. The number of furan rings is 3. The summed E-state index contributed by atoms with van der Waals surface area (Å²) in [6.45, 7) is 0. The predicted octanol–water partition coefficient (Wildman–Crippen LogP) is 42.1. The summed E-state index contributed by atoms with van der Waals surface area (Å²) in [5.41, 5.74) is 28.2. The predicted molar refractivity (Wildman–Crippen MR) is 648 cm³/mol. The zero-order valence-corrected chi connectivity index (χ0v) is 87.8. The minimum Gasteiger partial charge on any atom is -0.455 e. The van der Waals surface area contributed by atoms with Crippen LogP contribution < -0.4 is 0 Å². The van der Waals surface area contributed by atoms with Gasteiger partial charge < -0.3 is 36.1 Å². The Labute approximate surface area is 898 Å². The van der Waals surface area contributed by atoms with Crippen molar-refractivity contribution in [1.82, 2.24) is 22.8 Å². The SMILES string of the molecule is Brc1cc2c3ccccc3n(-c3ccc(-c4ccccc4)cc3)c2c2c1oc1ccccc12.Brc1cc2c3ccccc3n(-c3ccc(-c4ccccc4)cc3)c2c2sc3ccccc3c12.Brc1cc2c3ccccc3n(-c3ccccc3)c2c2c1oc1ccccc12.Brc1cc2c3ccccc3n(-c3ccccc3)c2c2oc3ccccc3c12.Brc1cc2c3ccccc3n(-c3ccccc3)c2c2sc3ccccc3c12.C. The molecule has 0 N–H and O–H groups in total. The molecule has 8 nitrogen and oxygen atoms in total. The summed E-state index contributed by atoms with van der Waals surface area (Å²) in [5.74, 6) is 0. The van der Waals surface area contributed by atoms with Gasteiger partial charge in [-0.15, -0.1) is 22.7 Å². The van der Waals surface area contributed by atoms with Crippen molar-refractivity contribution in [1.29, 1.82) is 0 Å². The maximum absolute atomic E-state index is 6.39. The van der Waals surface area contributed by atoms with Crippen LogP contribution in [-0.2, 0) is 0 Å². The van der Waals surface area contributed by atoms with Crippen LogP contribution in [0.3, 0.4) is 0 Å². The Bertz CT molecular complexity index is 10700. The number of hydrogen-bond donors (Lipinski definition) is 0. The van der Waals surface area contributed by atoms with E-state index in [1.54, 1.807) is 0 Å². The molecule has 0 aliphatic rings. The van der Waals surface area contributed by atoms with Gasteiger partial charge >= 0.3 is 0 Å². The third kappa shape index (κ3) is 14.8. The van der Waals surface area contributed by atoms with Crippen LogP contribution in [0.15, 0.2) is 509 Å². The number of nitrogens with zero attached hydrogens (tertiary/aromatic N) is 5. The lowest BCUT2D eigenvalue weighted by Crippen LogP contribution is -1.94. The largest absolute Gasteiger partial charge is 0.455 e. The highest BCUT2D eigenvalue weighted by Crippen LogP contribution is 2.53. The summed E-state index contributed by atoms with van der Waals surface area (Å²) < 4.78 is 41.4. The highest BCUT2D eigenvalue weighted by atomic mass is 79.9. The van der Waals surface area contributed by atoms with Gasteiger partial charge in [0, 0.05) is 148 Å². The molecule has 0 bridgehead atoms. The molecule has 15 heteroatoms.